The highest BCUT2D eigenvalue weighted by molar-refractivity contribution is 6.31. The van der Waals surface area contributed by atoms with Gasteiger partial charge in [0.1, 0.15) is 0 Å². The Morgan fingerprint density at radius 3 is 2.75 bits per heavy atom. The monoisotopic (exact) mass is 353 g/mol. The number of H-pyrrole nitrogens is 1. The number of nitrogens with one attached hydrogen (secondary N) is 2. The lowest BCUT2D eigenvalue weighted by Crippen LogP contribution is -2.15. The van der Waals surface area contributed by atoms with Gasteiger partial charge in [-0.15, -0.1) is 0 Å². The number of alkyl halides is 3. The van der Waals surface area contributed by atoms with Crippen LogP contribution in [0.1, 0.15) is 11.1 Å². The lowest BCUT2D eigenvalue weighted by molar-refractivity contribution is -0.137. The van der Waals surface area contributed by atoms with Crippen LogP contribution in [0.2, 0.25) is 5.02 Å². The fourth-order valence-electron chi connectivity index (χ4n) is 2.30. The fraction of sp³-hybridized carbons (Fsp3) is 0.125. The number of carbonyl (C=O) groups excluding carboxylic acids is 1. The van der Waals surface area contributed by atoms with Crippen LogP contribution in [0.4, 0.5) is 18.9 Å². The third-order valence-electron chi connectivity index (χ3n) is 3.43. The number of benzene rings is 2. The maximum atomic E-state index is 12.8. The molecule has 124 valence electrons. The lowest BCUT2D eigenvalue weighted by Gasteiger charge is -2.11. The zero-order valence-electron chi connectivity index (χ0n) is 12.1. The topological polar surface area (TPSA) is 57.8 Å². The van der Waals surface area contributed by atoms with Crippen molar-refractivity contribution in [2.24, 2.45) is 0 Å². The van der Waals surface area contributed by atoms with Crippen molar-refractivity contribution in [3.63, 3.8) is 0 Å². The van der Waals surface area contributed by atoms with E-state index in [-0.39, 0.29) is 12.0 Å². The molecule has 8 heteroatoms. The zero-order chi connectivity index (χ0) is 17.3. The quantitative estimate of drug-likeness (QED) is 0.732. The Labute approximate surface area is 139 Å². The van der Waals surface area contributed by atoms with Gasteiger partial charge in [0.2, 0.25) is 5.91 Å². The molecule has 24 heavy (non-hydrogen) atoms. The van der Waals surface area contributed by atoms with Crippen molar-refractivity contribution in [2.45, 2.75) is 12.6 Å². The van der Waals surface area contributed by atoms with Gasteiger partial charge in [-0.1, -0.05) is 17.7 Å². The number of aromatic nitrogens is 2. The number of carbonyl (C=O) groups is 1. The van der Waals surface area contributed by atoms with E-state index in [1.165, 1.54) is 6.07 Å². The van der Waals surface area contributed by atoms with E-state index < -0.39 is 22.7 Å². The molecule has 1 heterocycles. The average Bonchev–Trinajstić information content (AvgIpc) is 2.95. The maximum absolute atomic E-state index is 12.8. The Hall–Kier alpha value is -2.54. The summed E-state index contributed by atoms with van der Waals surface area (Å²) < 4.78 is 38.5. The van der Waals surface area contributed by atoms with Crippen LogP contribution in [0.5, 0.6) is 0 Å². The Bertz CT molecular complexity index is 905. The number of rotatable bonds is 3. The summed E-state index contributed by atoms with van der Waals surface area (Å²) in [5.41, 5.74) is 0.556. The van der Waals surface area contributed by atoms with E-state index in [2.05, 4.69) is 15.5 Å². The summed E-state index contributed by atoms with van der Waals surface area (Å²) in [6.07, 6.45) is -3.11. The van der Waals surface area contributed by atoms with Gasteiger partial charge in [-0.2, -0.15) is 18.3 Å². The SMILES string of the molecule is O=C(Cc1ccc(Cl)c(C(F)(F)F)c1)Nc1ccc2cn[nH]c2c1. The van der Waals surface area contributed by atoms with Crippen LogP contribution in [-0.2, 0) is 17.4 Å². The molecule has 0 aliphatic carbocycles. The average molecular weight is 354 g/mol. The van der Waals surface area contributed by atoms with Crippen LogP contribution in [-0.4, -0.2) is 16.1 Å². The minimum absolute atomic E-state index is 0.193. The first kappa shape index (κ1) is 16.3. The second-order valence-electron chi connectivity index (χ2n) is 5.21. The summed E-state index contributed by atoms with van der Waals surface area (Å²) in [7, 11) is 0. The number of anilines is 1. The van der Waals surface area contributed by atoms with E-state index in [9.17, 15) is 18.0 Å². The number of fused-ring (bicyclic) bond motifs is 1. The number of halogens is 4. The second kappa shape index (κ2) is 6.16. The Morgan fingerprint density at radius 2 is 2.00 bits per heavy atom. The summed E-state index contributed by atoms with van der Waals surface area (Å²) in [4.78, 5) is 12.1. The lowest BCUT2D eigenvalue weighted by atomic mass is 10.1. The van der Waals surface area contributed by atoms with Crippen molar-refractivity contribution >= 4 is 34.1 Å². The number of hydrogen-bond acceptors (Lipinski definition) is 2. The van der Waals surface area contributed by atoms with E-state index in [0.717, 1.165) is 23.0 Å². The molecule has 0 fully saturated rings. The molecule has 0 saturated heterocycles. The van der Waals surface area contributed by atoms with Gasteiger partial charge in [-0.05, 0) is 35.9 Å². The number of aromatic amines is 1. The van der Waals surface area contributed by atoms with Crippen LogP contribution >= 0.6 is 11.6 Å². The molecule has 0 radical (unpaired) electrons. The Kier molecular flexibility index (Phi) is 4.19. The molecule has 0 aliphatic heterocycles. The normalized spacial score (nSPS) is 11.7. The first-order valence-corrected chi connectivity index (χ1v) is 7.29. The van der Waals surface area contributed by atoms with E-state index in [1.807, 2.05) is 0 Å². The predicted molar refractivity (Wildman–Crippen MR) is 84.9 cm³/mol. The molecule has 0 atom stereocenters. The molecule has 1 aromatic heterocycles. The second-order valence-corrected chi connectivity index (χ2v) is 5.62. The molecular weight excluding hydrogens is 343 g/mol. The smallest absolute Gasteiger partial charge is 0.326 e. The van der Waals surface area contributed by atoms with Gasteiger partial charge < -0.3 is 5.32 Å². The molecule has 0 saturated carbocycles. The largest absolute Gasteiger partial charge is 0.417 e. The first-order valence-electron chi connectivity index (χ1n) is 6.91. The third kappa shape index (κ3) is 3.51. The summed E-state index contributed by atoms with van der Waals surface area (Å²) >= 11 is 5.56. The van der Waals surface area contributed by atoms with Crippen LogP contribution in [0.3, 0.4) is 0 Å². The molecule has 3 aromatic rings. The van der Waals surface area contributed by atoms with Crippen molar-refractivity contribution in [3.05, 3.63) is 58.7 Å². The van der Waals surface area contributed by atoms with E-state index in [1.54, 1.807) is 24.4 Å². The molecular formula is C16H11ClF3N3O. The van der Waals surface area contributed by atoms with Gasteiger partial charge in [0.05, 0.1) is 28.7 Å². The van der Waals surface area contributed by atoms with E-state index in [0.29, 0.717) is 5.69 Å². The van der Waals surface area contributed by atoms with Crippen molar-refractivity contribution in [3.8, 4) is 0 Å². The summed E-state index contributed by atoms with van der Waals surface area (Å²) in [6, 6.07) is 8.60. The van der Waals surface area contributed by atoms with Crippen molar-refractivity contribution in [2.75, 3.05) is 5.32 Å². The van der Waals surface area contributed by atoms with Gasteiger partial charge in [-0.25, -0.2) is 0 Å². The first-order chi connectivity index (χ1) is 11.3. The predicted octanol–water partition coefficient (Wildman–Crippen LogP) is 4.42. The molecule has 0 unspecified atom stereocenters. The summed E-state index contributed by atoms with van der Waals surface area (Å²) in [6.45, 7) is 0. The maximum Gasteiger partial charge on any atom is 0.417 e. The van der Waals surface area contributed by atoms with Gasteiger partial charge in [-0.3, -0.25) is 9.89 Å². The Balaban J connectivity index is 1.75. The van der Waals surface area contributed by atoms with Crippen LogP contribution in [0, 0.1) is 0 Å². The minimum atomic E-state index is -4.56. The molecule has 0 spiro atoms. The van der Waals surface area contributed by atoms with Crippen molar-refractivity contribution in [1.29, 1.82) is 0 Å². The van der Waals surface area contributed by atoms with Crippen LogP contribution in [0.15, 0.2) is 42.6 Å². The highest BCUT2D eigenvalue weighted by Crippen LogP contribution is 2.35. The van der Waals surface area contributed by atoms with Gasteiger partial charge in [0, 0.05) is 11.1 Å². The number of amides is 1. The van der Waals surface area contributed by atoms with Crippen LogP contribution < -0.4 is 5.32 Å². The molecule has 1 amide bonds. The molecule has 0 bridgehead atoms. The molecule has 3 rings (SSSR count). The van der Waals surface area contributed by atoms with Gasteiger partial charge >= 0.3 is 6.18 Å². The summed E-state index contributed by atoms with van der Waals surface area (Å²) in [5.74, 6) is -0.427. The number of nitrogens with zero attached hydrogens (tertiary/aromatic N) is 1. The highest BCUT2D eigenvalue weighted by Gasteiger charge is 2.33. The van der Waals surface area contributed by atoms with E-state index >= 15 is 0 Å². The molecule has 2 N–H and O–H groups in total. The Morgan fingerprint density at radius 1 is 1.21 bits per heavy atom. The van der Waals surface area contributed by atoms with Gasteiger partial charge in [0.15, 0.2) is 0 Å². The number of hydrogen-bond donors (Lipinski definition) is 2. The minimum Gasteiger partial charge on any atom is -0.326 e. The van der Waals surface area contributed by atoms with E-state index in [4.69, 9.17) is 11.6 Å². The fourth-order valence-corrected chi connectivity index (χ4v) is 2.53. The third-order valence-corrected chi connectivity index (χ3v) is 3.76. The molecule has 4 nitrogen and oxygen atoms in total. The zero-order valence-corrected chi connectivity index (χ0v) is 12.9. The van der Waals surface area contributed by atoms with Crippen molar-refractivity contribution < 1.29 is 18.0 Å². The standard InChI is InChI=1S/C16H11ClF3N3O/c17-13-4-1-9(5-12(13)16(18,19)20)6-15(24)22-11-3-2-10-8-21-23-14(10)7-11/h1-5,7-8H,6H2,(H,21,23)(H,22,24). The highest BCUT2D eigenvalue weighted by atomic mass is 35.5. The summed E-state index contributed by atoms with van der Waals surface area (Å²) in [5, 5.41) is 9.79. The van der Waals surface area contributed by atoms with Crippen LogP contribution in [0.25, 0.3) is 10.9 Å². The molecule has 2 aromatic carbocycles. The molecule has 0 aliphatic rings. The van der Waals surface area contributed by atoms with Gasteiger partial charge in [0.25, 0.3) is 0 Å². The van der Waals surface area contributed by atoms with Crippen molar-refractivity contribution in [1.82, 2.24) is 10.2 Å².